The Bertz CT molecular complexity index is 91.3. The maximum absolute atomic E-state index is 5.01. The molecule has 3 nitrogen and oxygen atoms in total. The Morgan fingerprint density at radius 1 is 1.27 bits per heavy atom. The minimum absolute atomic E-state index is 0.924. The molecule has 0 amide bonds. The number of nitrogens with one attached hydrogen (secondary N) is 2. The van der Waals surface area contributed by atoms with Crippen LogP contribution in [0.5, 0.6) is 0 Å². The SMILES string of the molecule is CCCC=CCCCNNN. The third-order valence-corrected chi connectivity index (χ3v) is 1.40. The fraction of sp³-hybridized carbons (Fsp3) is 0.750. The molecule has 0 aromatic rings. The Morgan fingerprint density at radius 3 is 2.64 bits per heavy atom. The quantitative estimate of drug-likeness (QED) is 0.224. The van der Waals surface area contributed by atoms with Crippen LogP contribution in [0.4, 0.5) is 0 Å². The fourth-order valence-electron chi connectivity index (χ4n) is 0.783. The summed E-state index contributed by atoms with van der Waals surface area (Å²) < 4.78 is 0. The molecular weight excluding hydrogens is 138 g/mol. The molecule has 0 heterocycles. The van der Waals surface area contributed by atoms with Crippen LogP contribution in [0.1, 0.15) is 32.6 Å². The van der Waals surface area contributed by atoms with Crippen molar-refractivity contribution in [1.82, 2.24) is 11.0 Å². The molecular formula is C8H19N3. The molecule has 0 aliphatic carbocycles. The maximum Gasteiger partial charge on any atom is 0.0116 e. The van der Waals surface area contributed by atoms with Gasteiger partial charge in [0, 0.05) is 6.54 Å². The van der Waals surface area contributed by atoms with Crippen LogP contribution < -0.4 is 16.8 Å². The molecule has 11 heavy (non-hydrogen) atoms. The highest BCUT2D eigenvalue weighted by Crippen LogP contribution is 1.93. The van der Waals surface area contributed by atoms with Crippen molar-refractivity contribution in [3.8, 4) is 0 Å². The minimum Gasteiger partial charge on any atom is -0.258 e. The normalized spacial score (nSPS) is 11.1. The van der Waals surface area contributed by atoms with E-state index in [1.165, 1.54) is 12.8 Å². The average molecular weight is 157 g/mol. The monoisotopic (exact) mass is 157 g/mol. The molecule has 66 valence electrons. The first-order valence-electron chi connectivity index (χ1n) is 4.25. The Morgan fingerprint density at radius 2 is 2.00 bits per heavy atom. The third kappa shape index (κ3) is 9.62. The zero-order chi connectivity index (χ0) is 8.36. The van der Waals surface area contributed by atoms with Gasteiger partial charge in [-0.2, -0.15) is 5.53 Å². The fourth-order valence-corrected chi connectivity index (χ4v) is 0.783. The third-order valence-electron chi connectivity index (χ3n) is 1.40. The second kappa shape index (κ2) is 9.62. The number of hydrogen-bond donors (Lipinski definition) is 3. The Balaban J connectivity index is 2.89. The first-order chi connectivity index (χ1) is 5.41. The van der Waals surface area contributed by atoms with Gasteiger partial charge in [0.15, 0.2) is 0 Å². The van der Waals surface area contributed by atoms with E-state index < -0.39 is 0 Å². The van der Waals surface area contributed by atoms with Gasteiger partial charge in [0.25, 0.3) is 0 Å². The van der Waals surface area contributed by atoms with Crippen molar-refractivity contribution < 1.29 is 0 Å². The van der Waals surface area contributed by atoms with Crippen molar-refractivity contribution in [2.45, 2.75) is 32.6 Å². The first kappa shape index (κ1) is 10.6. The Kier molecular flexibility index (Phi) is 9.29. The predicted octanol–water partition coefficient (Wildman–Crippen LogP) is 1.09. The molecule has 0 radical (unpaired) electrons. The van der Waals surface area contributed by atoms with Gasteiger partial charge >= 0.3 is 0 Å². The molecule has 0 rings (SSSR count). The summed E-state index contributed by atoms with van der Waals surface area (Å²) in [6.45, 7) is 3.11. The first-order valence-corrected chi connectivity index (χ1v) is 4.25. The summed E-state index contributed by atoms with van der Waals surface area (Å²) in [4.78, 5) is 0. The zero-order valence-corrected chi connectivity index (χ0v) is 7.27. The highest BCUT2D eigenvalue weighted by atomic mass is 15.5. The summed E-state index contributed by atoms with van der Waals surface area (Å²) >= 11 is 0. The number of hydrazine groups is 2. The number of allylic oxidation sites excluding steroid dienone is 2. The lowest BCUT2D eigenvalue weighted by atomic mass is 10.2. The topological polar surface area (TPSA) is 50.1 Å². The van der Waals surface area contributed by atoms with Gasteiger partial charge in [-0.15, -0.1) is 0 Å². The van der Waals surface area contributed by atoms with E-state index in [0.29, 0.717) is 0 Å². The lowest BCUT2D eigenvalue weighted by Gasteiger charge is -1.98. The summed E-state index contributed by atoms with van der Waals surface area (Å²) in [5.74, 6) is 5.01. The van der Waals surface area contributed by atoms with Gasteiger partial charge in [-0.05, 0) is 19.3 Å². The zero-order valence-electron chi connectivity index (χ0n) is 7.27. The van der Waals surface area contributed by atoms with E-state index in [-0.39, 0.29) is 0 Å². The lowest BCUT2D eigenvalue weighted by molar-refractivity contribution is 0.541. The highest BCUT2D eigenvalue weighted by molar-refractivity contribution is 4.80. The van der Waals surface area contributed by atoms with Gasteiger partial charge in [-0.25, -0.2) is 5.43 Å². The van der Waals surface area contributed by atoms with Gasteiger partial charge in [0.1, 0.15) is 0 Å². The number of unbranched alkanes of at least 4 members (excludes halogenated alkanes) is 2. The molecule has 3 heteroatoms. The Labute approximate surface area is 69.0 Å². The number of rotatable bonds is 7. The van der Waals surface area contributed by atoms with Gasteiger partial charge in [-0.1, -0.05) is 25.5 Å². The number of hydrogen-bond acceptors (Lipinski definition) is 3. The van der Waals surface area contributed by atoms with E-state index in [2.05, 4.69) is 30.0 Å². The van der Waals surface area contributed by atoms with Crippen molar-refractivity contribution in [2.24, 2.45) is 5.84 Å². The van der Waals surface area contributed by atoms with Crippen LogP contribution in [-0.2, 0) is 0 Å². The molecule has 0 bridgehead atoms. The van der Waals surface area contributed by atoms with Crippen LogP contribution in [0.2, 0.25) is 0 Å². The smallest absolute Gasteiger partial charge is 0.0116 e. The van der Waals surface area contributed by atoms with Crippen LogP contribution in [0, 0.1) is 0 Å². The van der Waals surface area contributed by atoms with E-state index >= 15 is 0 Å². The Hall–Kier alpha value is -0.380. The molecule has 0 fully saturated rings. The summed E-state index contributed by atoms with van der Waals surface area (Å²) in [5, 5.41) is 0. The van der Waals surface area contributed by atoms with Crippen LogP contribution in [0.3, 0.4) is 0 Å². The minimum atomic E-state index is 0.924. The highest BCUT2D eigenvalue weighted by Gasteiger charge is 1.81. The molecule has 0 aliphatic heterocycles. The van der Waals surface area contributed by atoms with Crippen LogP contribution in [0.25, 0.3) is 0 Å². The van der Waals surface area contributed by atoms with E-state index in [1.54, 1.807) is 0 Å². The molecule has 0 saturated carbocycles. The molecule has 0 spiro atoms. The molecule has 4 N–H and O–H groups in total. The van der Waals surface area contributed by atoms with Crippen molar-refractivity contribution in [3.05, 3.63) is 12.2 Å². The standard InChI is InChI=1S/C8H19N3/c1-2-3-4-5-6-7-8-10-11-9/h4-5,10-11H,2-3,6-9H2,1H3. The molecule has 0 aromatic heterocycles. The molecule has 0 aliphatic rings. The van der Waals surface area contributed by atoms with Gasteiger partial charge in [0.05, 0.1) is 0 Å². The molecule has 0 unspecified atom stereocenters. The second-order valence-corrected chi connectivity index (χ2v) is 2.47. The van der Waals surface area contributed by atoms with Crippen molar-refractivity contribution in [1.29, 1.82) is 0 Å². The van der Waals surface area contributed by atoms with E-state index in [1.807, 2.05) is 0 Å². The van der Waals surface area contributed by atoms with Crippen LogP contribution in [0.15, 0.2) is 12.2 Å². The van der Waals surface area contributed by atoms with E-state index in [4.69, 9.17) is 5.84 Å². The van der Waals surface area contributed by atoms with Crippen molar-refractivity contribution in [2.75, 3.05) is 6.54 Å². The number of nitrogens with two attached hydrogens (primary N) is 1. The van der Waals surface area contributed by atoms with E-state index in [9.17, 15) is 0 Å². The van der Waals surface area contributed by atoms with Gasteiger partial charge in [0.2, 0.25) is 0 Å². The second-order valence-electron chi connectivity index (χ2n) is 2.47. The average Bonchev–Trinajstić information content (AvgIpc) is 2.03. The molecule has 0 atom stereocenters. The summed E-state index contributed by atoms with van der Waals surface area (Å²) in [6.07, 6.45) is 9.15. The van der Waals surface area contributed by atoms with Crippen LogP contribution in [-0.4, -0.2) is 6.54 Å². The summed E-state index contributed by atoms with van der Waals surface area (Å²) in [5.41, 5.74) is 5.23. The largest absolute Gasteiger partial charge is 0.258 e. The van der Waals surface area contributed by atoms with Gasteiger partial charge < -0.3 is 0 Å². The summed E-state index contributed by atoms with van der Waals surface area (Å²) in [7, 11) is 0. The lowest BCUT2D eigenvalue weighted by Crippen LogP contribution is -2.38. The van der Waals surface area contributed by atoms with Gasteiger partial charge in [-0.3, -0.25) is 5.84 Å². The molecule has 0 saturated heterocycles. The predicted molar refractivity (Wildman–Crippen MR) is 48.6 cm³/mol. The van der Waals surface area contributed by atoms with Crippen molar-refractivity contribution in [3.63, 3.8) is 0 Å². The maximum atomic E-state index is 5.01. The van der Waals surface area contributed by atoms with E-state index in [0.717, 1.165) is 19.4 Å². The summed E-state index contributed by atoms with van der Waals surface area (Å²) in [6, 6.07) is 0. The van der Waals surface area contributed by atoms with Crippen LogP contribution >= 0.6 is 0 Å². The van der Waals surface area contributed by atoms with Crippen molar-refractivity contribution >= 4 is 0 Å². The molecule has 0 aromatic carbocycles.